The molecule has 3 N–H and O–H groups in total. The number of benzene rings is 1. The highest BCUT2D eigenvalue weighted by Gasteiger charge is 2.31. The van der Waals surface area contributed by atoms with Crippen molar-refractivity contribution in [2.75, 3.05) is 13.1 Å². The minimum absolute atomic E-state index is 0.179. The van der Waals surface area contributed by atoms with Crippen LogP contribution in [0.4, 0.5) is 0 Å². The molecule has 0 bridgehead atoms. The molecular formula is C17H25N3O2. The number of primary amides is 1. The van der Waals surface area contributed by atoms with Crippen molar-refractivity contribution in [3.05, 3.63) is 35.9 Å². The smallest absolute Gasteiger partial charge is 0.239 e. The number of carbonyl (C=O) groups excluding carboxylic acids is 2. The van der Waals surface area contributed by atoms with Gasteiger partial charge in [-0.1, -0.05) is 44.2 Å². The Labute approximate surface area is 131 Å². The molecule has 2 rings (SSSR count). The zero-order chi connectivity index (χ0) is 16.1. The number of piperidine rings is 1. The number of carbonyl (C=O) groups is 2. The van der Waals surface area contributed by atoms with Crippen LogP contribution in [0.15, 0.2) is 30.3 Å². The van der Waals surface area contributed by atoms with Crippen LogP contribution in [0, 0.1) is 5.92 Å². The standard InChI is InChI=1S/C17H25N3O2/c1-3-15(21)20-10-9-14(12(2)11-20)19-16(17(18)22)13-7-5-4-6-8-13/h4-8,12,14,16,19H,3,9-11H2,1-2H3,(H2,18,22)/t12-,14+,16-/m1/s1. The number of hydrogen-bond acceptors (Lipinski definition) is 3. The summed E-state index contributed by atoms with van der Waals surface area (Å²) in [5.74, 6) is 0.111. The average molecular weight is 303 g/mol. The highest BCUT2D eigenvalue weighted by Crippen LogP contribution is 2.21. The van der Waals surface area contributed by atoms with Gasteiger partial charge in [0.1, 0.15) is 6.04 Å². The van der Waals surface area contributed by atoms with Gasteiger partial charge < -0.3 is 10.6 Å². The quantitative estimate of drug-likeness (QED) is 0.864. The summed E-state index contributed by atoms with van der Waals surface area (Å²) < 4.78 is 0. The van der Waals surface area contributed by atoms with Crippen molar-refractivity contribution in [2.45, 2.75) is 38.8 Å². The molecule has 1 aromatic rings. The number of nitrogens with two attached hydrogens (primary N) is 1. The molecule has 1 heterocycles. The lowest BCUT2D eigenvalue weighted by molar-refractivity contribution is -0.133. The molecule has 5 nitrogen and oxygen atoms in total. The summed E-state index contributed by atoms with van der Waals surface area (Å²) in [6.07, 6.45) is 1.38. The minimum atomic E-state index is -0.484. The first-order valence-electron chi connectivity index (χ1n) is 7.91. The molecule has 1 aromatic carbocycles. The van der Waals surface area contributed by atoms with Gasteiger partial charge in [-0.3, -0.25) is 14.9 Å². The van der Waals surface area contributed by atoms with E-state index in [1.54, 1.807) is 0 Å². The van der Waals surface area contributed by atoms with E-state index in [2.05, 4.69) is 12.2 Å². The van der Waals surface area contributed by atoms with E-state index in [1.807, 2.05) is 42.2 Å². The molecule has 0 radical (unpaired) electrons. The zero-order valence-electron chi connectivity index (χ0n) is 13.3. The first kappa shape index (κ1) is 16.5. The summed E-state index contributed by atoms with van der Waals surface area (Å²) in [6, 6.07) is 9.23. The van der Waals surface area contributed by atoms with E-state index in [-0.39, 0.29) is 23.8 Å². The average Bonchev–Trinajstić information content (AvgIpc) is 2.53. The fourth-order valence-electron chi connectivity index (χ4n) is 3.05. The van der Waals surface area contributed by atoms with Crippen molar-refractivity contribution in [1.29, 1.82) is 0 Å². The van der Waals surface area contributed by atoms with Gasteiger partial charge in [0.2, 0.25) is 11.8 Å². The van der Waals surface area contributed by atoms with E-state index >= 15 is 0 Å². The Morgan fingerprint density at radius 2 is 2.05 bits per heavy atom. The van der Waals surface area contributed by atoms with Crippen molar-refractivity contribution in [3.63, 3.8) is 0 Å². The van der Waals surface area contributed by atoms with E-state index in [9.17, 15) is 9.59 Å². The molecule has 2 amide bonds. The maximum Gasteiger partial charge on any atom is 0.239 e. The predicted molar refractivity (Wildman–Crippen MR) is 86.0 cm³/mol. The lowest BCUT2D eigenvalue weighted by Crippen LogP contribution is -2.52. The number of likely N-dealkylation sites (tertiary alicyclic amines) is 1. The van der Waals surface area contributed by atoms with Gasteiger partial charge in [-0.05, 0) is 17.9 Å². The third kappa shape index (κ3) is 3.85. The second-order valence-electron chi connectivity index (χ2n) is 5.98. The van der Waals surface area contributed by atoms with Crippen molar-refractivity contribution < 1.29 is 9.59 Å². The SMILES string of the molecule is CCC(=O)N1CC[C@H](N[C@@H](C(N)=O)c2ccccc2)[C@H](C)C1. The monoisotopic (exact) mass is 303 g/mol. The van der Waals surface area contributed by atoms with E-state index < -0.39 is 6.04 Å². The summed E-state index contributed by atoms with van der Waals surface area (Å²) >= 11 is 0. The fraction of sp³-hybridized carbons (Fsp3) is 0.529. The van der Waals surface area contributed by atoms with E-state index in [1.165, 1.54) is 0 Å². The summed E-state index contributed by atoms with van der Waals surface area (Å²) in [6.45, 7) is 5.45. The van der Waals surface area contributed by atoms with E-state index in [4.69, 9.17) is 5.73 Å². The third-order valence-electron chi connectivity index (χ3n) is 4.36. The highest BCUT2D eigenvalue weighted by molar-refractivity contribution is 5.81. The Morgan fingerprint density at radius 1 is 1.36 bits per heavy atom. The van der Waals surface area contributed by atoms with Crippen LogP contribution in [-0.2, 0) is 9.59 Å². The molecule has 1 saturated heterocycles. The second-order valence-corrected chi connectivity index (χ2v) is 5.98. The molecule has 120 valence electrons. The van der Waals surface area contributed by atoms with Crippen molar-refractivity contribution in [1.82, 2.24) is 10.2 Å². The molecule has 0 spiro atoms. The van der Waals surface area contributed by atoms with Crippen LogP contribution in [0.5, 0.6) is 0 Å². The molecule has 22 heavy (non-hydrogen) atoms. The minimum Gasteiger partial charge on any atom is -0.368 e. The van der Waals surface area contributed by atoms with Crippen molar-refractivity contribution in [2.24, 2.45) is 11.7 Å². The molecule has 0 unspecified atom stereocenters. The Morgan fingerprint density at radius 3 is 2.59 bits per heavy atom. The zero-order valence-corrected chi connectivity index (χ0v) is 13.3. The molecule has 1 fully saturated rings. The molecule has 0 saturated carbocycles. The predicted octanol–water partition coefficient (Wildman–Crippen LogP) is 1.45. The molecule has 1 aliphatic heterocycles. The number of amides is 2. The van der Waals surface area contributed by atoms with E-state index in [0.29, 0.717) is 6.42 Å². The van der Waals surface area contributed by atoms with Crippen LogP contribution in [0.25, 0.3) is 0 Å². The van der Waals surface area contributed by atoms with Gasteiger partial charge in [-0.25, -0.2) is 0 Å². The Balaban J connectivity index is 2.03. The molecule has 1 aliphatic rings. The molecule has 0 aliphatic carbocycles. The first-order valence-corrected chi connectivity index (χ1v) is 7.91. The molecule has 0 aromatic heterocycles. The summed E-state index contributed by atoms with van der Waals surface area (Å²) in [7, 11) is 0. The van der Waals surface area contributed by atoms with Crippen LogP contribution < -0.4 is 11.1 Å². The third-order valence-corrected chi connectivity index (χ3v) is 4.36. The summed E-state index contributed by atoms with van der Waals surface area (Å²) in [5, 5.41) is 3.39. The topological polar surface area (TPSA) is 75.4 Å². The number of nitrogens with zero attached hydrogens (tertiary/aromatic N) is 1. The molecular weight excluding hydrogens is 278 g/mol. The van der Waals surface area contributed by atoms with Gasteiger partial charge in [0.05, 0.1) is 0 Å². The van der Waals surface area contributed by atoms with Crippen LogP contribution in [-0.4, -0.2) is 35.8 Å². The number of nitrogens with one attached hydrogen (secondary N) is 1. The Kier molecular flexibility index (Phi) is 5.55. The maximum absolute atomic E-state index is 11.8. The Bertz CT molecular complexity index is 518. The fourth-order valence-corrected chi connectivity index (χ4v) is 3.05. The van der Waals surface area contributed by atoms with Gasteiger partial charge in [-0.15, -0.1) is 0 Å². The first-order chi connectivity index (χ1) is 10.5. The van der Waals surface area contributed by atoms with Gasteiger partial charge in [0, 0.05) is 25.6 Å². The van der Waals surface area contributed by atoms with Gasteiger partial charge in [0.15, 0.2) is 0 Å². The number of hydrogen-bond donors (Lipinski definition) is 2. The van der Waals surface area contributed by atoms with Crippen LogP contribution in [0.2, 0.25) is 0 Å². The summed E-state index contributed by atoms with van der Waals surface area (Å²) in [5.41, 5.74) is 6.45. The highest BCUT2D eigenvalue weighted by atomic mass is 16.2. The van der Waals surface area contributed by atoms with Crippen LogP contribution in [0.3, 0.4) is 0 Å². The summed E-state index contributed by atoms with van der Waals surface area (Å²) in [4.78, 5) is 25.5. The normalized spacial score (nSPS) is 23.1. The lowest BCUT2D eigenvalue weighted by Gasteiger charge is -2.38. The largest absolute Gasteiger partial charge is 0.368 e. The van der Waals surface area contributed by atoms with Crippen molar-refractivity contribution >= 4 is 11.8 Å². The second kappa shape index (κ2) is 7.40. The number of rotatable bonds is 5. The molecule has 5 heteroatoms. The Hall–Kier alpha value is -1.88. The lowest BCUT2D eigenvalue weighted by atomic mass is 9.92. The van der Waals surface area contributed by atoms with E-state index in [0.717, 1.165) is 25.1 Å². The van der Waals surface area contributed by atoms with Crippen LogP contribution in [0.1, 0.15) is 38.3 Å². The van der Waals surface area contributed by atoms with Gasteiger partial charge in [0.25, 0.3) is 0 Å². The van der Waals surface area contributed by atoms with Crippen molar-refractivity contribution in [3.8, 4) is 0 Å². The van der Waals surface area contributed by atoms with Gasteiger partial charge >= 0.3 is 0 Å². The van der Waals surface area contributed by atoms with Crippen LogP contribution >= 0.6 is 0 Å². The maximum atomic E-state index is 11.8. The van der Waals surface area contributed by atoms with Gasteiger partial charge in [-0.2, -0.15) is 0 Å². The molecule has 3 atom stereocenters.